The van der Waals surface area contributed by atoms with Gasteiger partial charge in [-0.25, -0.2) is 29.7 Å². The van der Waals surface area contributed by atoms with Crippen molar-refractivity contribution in [3.8, 4) is 10.7 Å². The lowest BCUT2D eigenvalue weighted by atomic mass is 9.97. The van der Waals surface area contributed by atoms with Crippen molar-refractivity contribution >= 4 is 75.9 Å². The van der Waals surface area contributed by atoms with Crippen LogP contribution in [0.1, 0.15) is 101 Å². The molecule has 107 heavy (non-hydrogen) atoms. The summed E-state index contributed by atoms with van der Waals surface area (Å²) in [6.07, 6.45) is -37.0. The van der Waals surface area contributed by atoms with Gasteiger partial charge < -0.3 is 166 Å². The van der Waals surface area contributed by atoms with Gasteiger partial charge in [0, 0.05) is 35.8 Å². The standard InChI is InChI=1S/C60H93N19O26S2/c1-19-34(75-49(77-47(19)64)24(10-31(62)84)69-12-23(61)48(65)93)51(95)76-36(44(25-13-67-18-70-25)102-59-46(40(89)37(86)29(14-80)101-59)103-58-42(91)45(104-60(66)98)38(87)30(15-81)100-58)53(97)71-20(2)28(83)11-32(85)74-35(21(3)82)52(96)78-54(105-57-41(90)39(88)33(63)22(4)99-57)43(92)56-73-27(17-107-56)55-72-26(16-106-55)50(94)68-8-7-9-79(5)6/h13,16-18,20-24,28-30,33,35-46,54,57-59,69,80-83,86-92H,7-12,14-15,61,63H2,1-6H3,(H2,62,84)(H2,65,93)(H2,66,98)(H,67,70)(H,68,94)(H,71,97)(H,74,85)(H,76,95)(H,78,96)(H2,64,75,77)/t20-,21-,22+,23+,24+,28+,29+,30-,33-,35+,36+,37-,38-,39-,40+,41-,42+,43?,44+,45+,46+,54?,57+,58-,59+/m1/s1. The number of nitrogens with one attached hydrogen (secondary N) is 7. The predicted molar refractivity (Wildman–Crippen MR) is 364 cm³/mol. The number of nitrogens with two attached hydrogens (primary N) is 6. The first-order chi connectivity index (χ1) is 50.4. The summed E-state index contributed by atoms with van der Waals surface area (Å²) >= 11 is 1.91. The van der Waals surface area contributed by atoms with Gasteiger partial charge in [-0.3, -0.25) is 33.6 Å². The van der Waals surface area contributed by atoms with Crippen molar-refractivity contribution in [1.82, 2.24) is 66.7 Å². The van der Waals surface area contributed by atoms with E-state index in [-0.39, 0.29) is 32.7 Å². The number of hydrogen-bond acceptors (Lipinski definition) is 38. The number of aromatic nitrogens is 6. The summed E-state index contributed by atoms with van der Waals surface area (Å²) in [7, 11) is 3.78. The number of anilines is 1. The number of H-pyrrole nitrogens is 1. The zero-order valence-electron chi connectivity index (χ0n) is 58.4. The molecule has 0 saturated carbocycles. The molecule has 0 bridgehead atoms. The summed E-state index contributed by atoms with van der Waals surface area (Å²) in [6.45, 7) is 3.57. The highest BCUT2D eigenvalue weighted by molar-refractivity contribution is 7.14. The van der Waals surface area contributed by atoms with Gasteiger partial charge in [0.2, 0.25) is 29.5 Å². The Bertz CT molecular complexity index is 3650. The largest absolute Gasteiger partial charge is 0.441 e. The molecular weight excluding hydrogens is 1470 g/mol. The van der Waals surface area contributed by atoms with Crippen molar-refractivity contribution in [2.45, 2.75) is 200 Å². The maximum Gasteiger partial charge on any atom is 0.404 e. The Morgan fingerprint density at radius 2 is 1.42 bits per heavy atom. The predicted octanol–water partition coefficient (Wildman–Crippen LogP) is -10.6. The average molecular weight is 1560 g/mol. The SMILES string of the molecule is Cc1c(N)nc([C@H](CC(N)=O)NC[C@H](N)C(N)=O)nc1C(=O)N[C@H](C(=O)N[C@H](C)[C@@H](O)CC(=O)N[C@H](C(=O)NC(O[C@@H]1O[C@@H](C)[C@@H](N)[C@@H](O)[C@H]1O)C(O)c1nc(-c2nc(C(=O)NCCCN(C)C)cs2)cs1)[C@@H](C)O)[C@@H](O[C@@H]1O[C@@H](CO)[C@@H](O)[C@H](O)[C@@H]1O[C@H]1O[C@H](CO)[C@@H](O)[C@H](OC(N)=O)[C@@H]1O)c1cnc[nH]1. The zero-order chi connectivity index (χ0) is 79.2. The molecule has 2 unspecified atom stereocenters. The van der Waals surface area contributed by atoms with E-state index in [1.54, 1.807) is 0 Å². The minimum Gasteiger partial charge on any atom is -0.441 e. The van der Waals surface area contributed by atoms with Crippen LogP contribution in [0.5, 0.6) is 0 Å². The number of aliphatic hydroxyl groups is 11. The van der Waals surface area contributed by atoms with E-state index in [4.69, 9.17) is 67.6 Å². The lowest BCUT2D eigenvalue weighted by molar-refractivity contribution is -0.372. The molecule has 8 amide bonds. The molecule has 0 spiro atoms. The lowest BCUT2D eigenvalue weighted by Gasteiger charge is -2.47. The number of nitrogens with zero attached hydrogens (tertiary/aromatic N) is 6. The molecule has 7 heterocycles. The smallest absolute Gasteiger partial charge is 0.404 e. The Hall–Kier alpha value is -7.93. The molecule has 4 aromatic rings. The fourth-order valence-electron chi connectivity index (χ4n) is 11.0. The number of thiazole rings is 2. The number of carbonyl (C=O) groups is 8. The first-order valence-corrected chi connectivity index (χ1v) is 34.9. The number of aromatic amines is 1. The van der Waals surface area contributed by atoms with Crippen LogP contribution in [-0.4, -0.2) is 320 Å². The van der Waals surface area contributed by atoms with E-state index in [0.29, 0.717) is 13.0 Å². The molecule has 30 N–H and O–H groups in total. The van der Waals surface area contributed by atoms with Crippen LogP contribution in [0.2, 0.25) is 0 Å². The van der Waals surface area contributed by atoms with E-state index in [2.05, 4.69) is 61.8 Å². The highest BCUT2D eigenvalue weighted by Crippen LogP contribution is 2.36. The molecule has 7 rings (SSSR count). The van der Waals surface area contributed by atoms with E-state index >= 15 is 4.79 Å². The normalized spacial score (nSPS) is 27.4. The number of aliphatic hydroxyl groups excluding tert-OH is 11. The van der Waals surface area contributed by atoms with E-state index in [0.717, 1.165) is 55.6 Å². The Kier molecular flexibility index (Phi) is 31.4. The van der Waals surface area contributed by atoms with Crippen LogP contribution in [0.4, 0.5) is 10.6 Å². The molecule has 596 valence electrons. The Balaban J connectivity index is 1.18. The minimum atomic E-state index is -2.26. The summed E-state index contributed by atoms with van der Waals surface area (Å²) in [5, 5.41) is 140. The lowest BCUT2D eigenvalue weighted by Crippen LogP contribution is -2.65. The van der Waals surface area contributed by atoms with Crippen molar-refractivity contribution in [3.05, 3.63) is 56.8 Å². The summed E-state index contributed by atoms with van der Waals surface area (Å²) in [5.41, 5.74) is 33.5. The number of rotatable bonds is 37. The fraction of sp³-hybridized carbons (Fsp3) is 0.650. The number of hydrogen-bond donors (Lipinski definition) is 24. The number of imidazole rings is 1. The average Bonchev–Trinajstić information content (AvgIpc) is 1.31. The third kappa shape index (κ3) is 22.4. The van der Waals surface area contributed by atoms with Crippen molar-refractivity contribution in [2.24, 2.45) is 28.7 Å². The van der Waals surface area contributed by atoms with Gasteiger partial charge in [0.25, 0.3) is 11.8 Å². The van der Waals surface area contributed by atoms with Crippen LogP contribution in [0, 0.1) is 6.92 Å². The number of amides is 8. The Morgan fingerprint density at radius 3 is 2.05 bits per heavy atom. The summed E-state index contributed by atoms with van der Waals surface area (Å²) in [4.78, 5) is 134. The number of primary amides is 3. The number of nitrogen functional groups attached to an aromatic ring is 1. The molecule has 0 radical (unpaired) electrons. The van der Waals surface area contributed by atoms with Gasteiger partial charge in [0.05, 0.1) is 80.3 Å². The van der Waals surface area contributed by atoms with Crippen molar-refractivity contribution in [3.63, 3.8) is 0 Å². The molecule has 45 nitrogen and oxygen atoms in total. The van der Waals surface area contributed by atoms with Gasteiger partial charge in [-0.2, -0.15) is 0 Å². The minimum absolute atomic E-state index is 0.0858. The van der Waals surface area contributed by atoms with Crippen LogP contribution in [0.3, 0.4) is 0 Å². The molecule has 47 heteroatoms. The molecule has 3 aliphatic rings. The van der Waals surface area contributed by atoms with Gasteiger partial charge in [-0.1, -0.05) is 0 Å². The summed E-state index contributed by atoms with van der Waals surface area (Å²) < 4.78 is 40.4. The topological polar surface area (TPSA) is 735 Å². The van der Waals surface area contributed by atoms with Crippen molar-refractivity contribution < 1.29 is 128 Å². The molecule has 4 aromatic heterocycles. The van der Waals surface area contributed by atoms with Crippen molar-refractivity contribution in [2.75, 3.05) is 52.7 Å². The zero-order valence-corrected chi connectivity index (χ0v) is 60.0. The maximum atomic E-state index is 15.3. The molecule has 25 atom stereocenters. The van der Waals surface area contributed by atoms with Gasteiger partial charge in [-0.15, -0.1) is 22.7 Å². The van der Waals surface area contributed by atoms with Crippen LogP contribution in [0.25, 0.3) is 10.7 Å². The highest BCUT2D eigenvalue weighted by Gasteiger charge is 2.54. The molecular formula is C60H93N19O26S2. The molecule has 0 aliphatic carbocycles. The molecule has 3 saturated heterocycles. The highest BCUT2D eigenvalue weighted by atomic mass is 32.1. The van der Waals surface area contributed by atoms with E-state index in [1.165, 1.54) is 24.6 Å². The Morgan fingerprint density at radius 1 is 0.748 bits per heavy atom. The second-order valence-electron chi connectivity index (χ2n) is 25.7. The Labute approximate surface area is 616 Å². The van der Waals surface area contributed by atoms with Gasteiger partial charge in [0.1, 0.15) is 112 Å². The first-order valence-electron chi connectivity index (χ1n) is 33.2. The number of carbonyl (C=O) groups excluding carboxylic acids is 8. The molecule has 0 aromatic carbocycles. The summed E-state index contributed by atoms with van der Waals surface area (Å²) in [6, 6.07) is -9.65. The quantitative estimate of drug-likeness (QED) is 0.0147. The second-order valence-corrected chi connectivity index (χ2v) is 27.4. The molecule has 3 aliphatic heterocycles. The van der Waals surface area contributed by atoms with E-state index < -0.39 is 250 Å². The van der Waals surface area contributed by atoms with Crippen LogP contribution in [-0.2, 0) is 57.1 Å². The summed E-state index contributed by atoms with van der Waals surface area (Å²) in [5.74, 6) is -8.27. The van der Waals surface area contributed by atoms with Crippen LogP contribution in [0.15, 0.2) is 23.3 Å². The van der Waals surface area contributed by atoms with Gasteiger partial charge >= 0.3 is 6.09 Å². The molecule has 3 fully saturated rings. The fourth-order valence-corrected chi connectivity index (χ4v) is 12.7. The first kappa shape index (κ1) is 86.3. The van der Waals surface area contributed by atoms with Crippen molar-refractivity contribution in [1.29, 1.82) is 0 Å². The van der Waals surface area contributed by atoms with Crippen LogP contribution < -0.4 is 66.3 Å². The number of ether oxygens (including phenoxy) is 7. The van der Waals surface area contributed by atoms with E-state index in [9.17, 15) is 89.7 Å². The maximum absolute atomic E-state index is 15.3. The van der Waals surface area contributed by atoms with Gasteiger partial charge in [-0.05, 0) is 54.8 Å². The van der Waals surface area contributed by atoms with E-state index in [1.807, 2.05) is 19.0 Å². The third-order valence-corrected chi connectivity index (χ3v) is 19.0. The second kappa shape index (κ2) is 38.9. The third-order valence-electron chi connectivity index (χ3n) is 17.2. The van der Waals surface area contributed by atoms with Crippen LogP contribution >= 0.6 is 22.7 Å². The van der Waals surface area contributed by atoms with Gasteiger partial charge in [0.15, 0.2) is 37.3 Å². The monoisotopic (exact) mass is 1560 g/mol.